The third-order valence-electron chi connectivity index (χ3n) is 19.3. The largest absolute Gasteiger partial charge is 0.496 e. The number of hydrogen-bond donors (Lipinski definition) is 7. The number of nitrogens with zero attached hydrogens (tertiary/aromatic N) is 4. The van der Waals surface area contributed by atoms with Crippen molar-refractivity contribution in [2.24, 2.45) is 28.7 Å². The van der Waals surface area contributed by atoms with Gasteiger partial charge in [0.2, 0.25) is 12.0 Å². The second kappa shape index (κ2) is 26.8. The molecule has 0 unspecified atom stereocenters. The highest BCUT2D eigenvalue weighted by Gasteiger charge is 2.81. The molecule has 87 heavy (non-hydrogen) atoms. The van der Waals surface area contributed by atoms with Crippen LogP contribution >= 0.6 is 23.2 Å². The van der Waals surface area contributed by atoms with Crippen LogP contribution in [0.5, 0.6) is 5.75 Å². The number of alkyl halides is 2. The zero-order chi connectivity index (χ0) is 63.6. The van der Waals surface area contributed by atoms with Gasteiger partial charge in [-0.15, -0.1) is 23.2 Å². The van der Waals surface area contributed by atoms with Crippen molar-refractivity contribution in [1.82, 2.24) is 14.8 Å². The number of aliphatic hydroxyl groups is 2. The summed E-state index contributed by atoms with van der Waals surface area (Å²) in [6, 6.07) is 16.0. The Morgan fingerprint density at radius 1 is 0.874 bits per heavy atom. The first kappa shape index (κ1) is 66.6. The number of nitrogens with two attached hydrogens (primary N) is 2. The number of carbonyl (C=O) groups excluding carboxylic acids is 4. The van der Waals surface area contributed by atoms with Crippen LogP contribution in [-0.4, -0.2) is 192 Å². The molecule has 23 heteroatoms. The molecule has 1 saturated carbocycles. The van der Waals surface area contributed by atoms with Crippen LogP contribution in [0.25, 0.3) is 10.9 Å². The summed E-state index contributed by atoms with van der Waals surface area (Å²) in [5, 5.41) is 43.2. The Balaban J connectivity index is 0.000000301. The van der Waals surface area contributed by atoms with Gasteiger partial charge in [0.05, 0.1) is 38.7 Å². The Kier molecular flexibility index (Phi) is 20.5. The van der Waals surface area contributed by atoms with Crippen LogP contribution in [0.15, 0.2) is 72.8 Å². The molecule has 1 aromatic heterocycles. The summed E-state index contributed by atoms with van der Waals surface area (Å²) in [5.41, 5.74) is 9.43. The van der Waals surface area contributed by atoms with Gasteiger partial charge in [0, 0.05) is 109 Å². The number of aromatic amines is 1. The molecular formula is C64H85Cl2N7O14. The van der Waals surface area contributed by atoms with E-state index in [2.05, 4.69) is 25.8 Å². The molecule has 474 valence electrons. The minimum absolute atomic E-state index is 0.0208. The quantitative estimate of drug-likeness (QED) is 0.0213. The van der Waals surface area contributed by atoms with Crippen molar-refractivity contribution in [2.75, 3.05) is 88.7 Å². The molecular weight excluding hydrogens is 1160 g/mol. The van der Waals surface area contributed by atoms with Crippen LogP contribution < -0.4 is 26.0 Å². The number of aromatic nitrogens is 1. The van der Waals surface area contributed by atoms with Gasteiger partial charge in [0.1, 0.15) is 23.2 Å². The topological polar surface area (TPSA) is 301 Å². The number of rotatable bonds is 18. The van der Waals surface area contributed by atoms with Gasteiger partial charge < -0.3 is 65.6 Å². The fourth-order valence-electron chi connectivity index (χ4n) is 15.4. The molecule has 21 nitrogen and oxygen atoms in total. The van der Waals surface area contributed by atoms with Gasteiger partial charge in [-0.25, -0.2) is 4.79 Å². The van der Waals surface area contributed by atoms with Crippen LogP contribution in [0.4, 0.5) is 11.4 Å². The highest BCUT2D eigenvalue weighted by Crippen LogP contribution is 2.68. The maximum absolute atomic E-state index is 15.3. The Labute approximate surface area is 518 Å². The van der Waals surface area contributed by atoms with Gasteiger partial charge in [-0.2, -0.15) is 0 Å². The lowest BCUT2D eigenvalue weighted by molar-refractivity contribution is -0.228. The number of carboxylic acids is 2. The van der Waals surface area contributed by atoms with Crippen molar-refractivity contribution in [3.63, 3.8) is 0 Å². The molecule has 4 aromatic rings. The van der Waals surface area contributed by atoms with Gasteiger partial charge in [-0.05, 0) is 104 Å². The van der Waals surface area contributed by atoms with E-state index in [1.807, 2.05) is 74.5 Å². The molecule has 1 spiro atoms. The molecule has 1 aliphatic carbocycles. The van der Waals surface area contributed by atoms with Gasteiger partial charge in [0.25, 0.3) is 0 Å². The Hall–Kier alpha value is -6.30. The maximum Gasteiger partial charge on any atom is 0.344 e. The van der Waals surface area contributed by atoms with Gasteiger partial charge in [-0.3, -0.25) is 33.8 Å². The molecule has 2 saturated heterocycles. The van der Waals surface area contributed by atoms with E-state index in [9.17, 15) is 34.2 Å². The monoisotopic (exact) mass is 1250 g/mol. The number of nitrogens with one attached hydrogen (secondary N) is 1. The third kappa shape index (κ3) is 11.8. The average molecular weight is 1250 g/mol. The van der Waals surface area contributed by atoms with Crippen molar-refractivity contribution in [2.45, 2.75) is 132 Å². The summed E-state index contributed by atoms with van der Waals surface area (Å²) in [6.07, 6.45) is 6.15. The number of carboxylic acid groups (broad SMARTS) is 2. The summed E-state index contributed by atoms with van der Waals surface area (Å²) in [5.74, 6) is -2.90. The van der Waals surface area contributed by atoms with Crippen LogP contribution in [0.2, 0.25) is 0 Å². The number of anilines is 2. The van der Waals surface area contributed by atoms with E-state index in [4.69, 9.17) is 63.8 Å². The van der Waals surface area contributed by atoms with E-state index >= 15 is 4.79 Å². The van der Waals surface area contributed by atoms with Crippen molar-refractivity contribution in [3.8, 4) is 5.75 Å². The molecule has 10 rings (SSSR count). The number of hydrogen-bond acceptors (Lipinski definition) is 17. The second-order valence-corrected chi connectivity index (χ2v) is 25.2. The van der Waals surface area contributed by atoms with E-state index in [1.54, 1.807) is 19.9 Å². The molecule has 3 fully saturated rings. The number of benzene rings is 3. The number of carbonyl (C=O) groups is 6. The first-order valence-electron chi connectivity index (χ1n) is 29.8. The SMILES string of the molecule is CC(C)[C@H](N)C(=O)O.CC[C@]1(O)C[C@H]2C[N@](CCc3c([nH]c4ccccc34)[C@@](C(=O)OC)(c3cc4c(cc3OC)N(C=O)[C@H]3[C@@](O)(C(=O)OC)[C@H](OC(C)=O)[C@]5(CC)C=CCN6CC[C@]43[C@@H]65)C2)C1.N[C@@H](Cc1ccc(N(CCCl)CCCl)cc1)C(=O)O. The molecule has 6 aliphatic rings. The second-order valence-electron chi connectivity index (χ2n) is 24.4. The summed E-state index contributed by atoms with van der Waals surface area (Å²) in [7, 11) is 4.09. The lowest BCUT2D eigenvalue weighted by Crippen LogP contribution is -2.81. The highest BCUT2D eigenvalue weighted by molar-refractivity contribution is 6.18. The van der Waals surface area contributed by atoms with Gasteiger partial charge >= 0.3 is 29.8 Å². The number of aliphatic carboxylic acids is 2. The van der Waals surface area contributed by atoms with E-state index in [0.717, 1.165) is 40.8 Å². The zero-order valence-corrected chi connectivity index (χ0v) is 52.4. The van der Waals surface area contributed by atoms with Gasteiger partial charge in [0.15, 0.2) is 6.10 Å². The number of methoxy groups -OCH3 is 3. The standard InChI is InChI=1S/C46H56N4O10.C13H18Cl2N2O2.C5H11NO2/c1-7-42(55)22-28-23-45(40(53)58-5,36-30(14-18-48(24-28)25-42)29-12-9-10-13-33(29)47-36)32-20-31-34(21-35(32)57-4)50(26-51)38-44(31)16-19-49-17-11-15-43(8-2,37(44)49)39(60-27(3)52)46(38,56)41(54)59-6;14-5-7-17(8-6-15)11-3-1-10(2-4-11)9-12(16)13(18)19;1-3(2)4(6)5(7)8/h9-13,15,20-21,26,28,37-39,47,55-56H,7-8,14,16-19,22-25H2,1-6H3;1-4,12H,5-9,16H2,(H,18,19);3-4H,6H2,1-2H3,(H,7,8)/t28-,37+,38-,39-,42+,43-,44-,45+,46+;12-;4-/m100/s1. The van der Waals surface area contributed by atoms with E-state index < -0.39 is 87.6 Å². The lowest BCUT2D eigenvalue weighted by atomic mass is 9.47. The van der Waals surface area contributed by atoms with Crippen molar-refractivity contribution in [1.29, 1.82) is 0 Å². The number of H-pyrrole nitrogens is 1. The van der Waals surface area contributed by atoms with E-state index in [0.29, 0.717) is 118 Å². The van der Waals surface area contributed by atoms with Crippen LogP contribution in [-0.2, 0) is 66.6 Å². The number of fused-ring (bicyclic) bond motifs is 6. The summed E-state index contributed by atoms with van der Waals surface area (Å²) in [6.45, 7) is 13.2. The van der Waals surface area contributed by atoms with Crippen LogP contribution in [0, 0.1) is 17.3 Å². The van der Waals surface area contributed by atoms with Crippen LogP contribution in [0.1, 0.15) is 94.7 Å². The fourth-order valence-corrected chi connectivity index (χ4v) is 15.8. The predicted molar refractivity (Wildman–Crippen MR) is 330 cm³/mol. The smallest absolute Gasteiger partial charge is 0.344 e. The van der Waals surface area contributed by atoms with Gasteiger partial charge in [-0.1, -0.05) is 70.2 Å². The molecule has 12 atom stereocenters. The highest BCUT2D eigenvalue weighted by atomic mass is 35.5. The molecule has 0 radical (unpaired) electrons. The first-order valence-corrected chi connectivity index (χ1v) is 30.9. The fraction of sp³-hybridized carbons (Fsp3) is 0.562. The van der Waals surface area contributed by atoms with Crippen molar-refractivity contribution in [3.05, 3.63) is 101 Å². The predicted octanol–water partition coefficient (Wildman–Crippen LogP) is 5.50. The van der Waals surface area contributed by atoms with E-state index in [1.165, 1.54) is 33.2 Å². The van der Waals surface area contributed by atoms with E-state index in [-0.39, 0.29) is 18.3 Å². The number of piperidine rings is 1. The third-order valence-corrected chi connectivity index (χ3v) is 19.6. The number of ether oxygens (including phenoxy) is 4. The maximum atomic E-state index is 15.3. The number of para-hydroxylation sites is 1. The average Bonchev–Trinajstić information content (AvgIpc) is 1.52. The number of amides is 1. The first-order chi connectivity index (χ1) is 41.4. The molecule has 6 heterocycles. The van der Waals surface area contributed by atoms with Crippen LogP contribution in [0.3, 0.4) is 0 Å². The minimum Gasteiger partial charge on any atom is -0.496 e. The summed E-state index contributed by atoms with van der Waals surface area (Å²) >= 11 is 11.5. The molecule has 1 amide bonds. The zero-order valence-electron chi connectivity index (χ0n) is 50.9. The lowest BCUT2D eigenvalue weighted by Gasteiger charge is -2.63. The molecule has 9 N–H and O–H groups in total. The number of esters is 3. The van der Waals surface area contributed by atoms with Crippen molar-refractivity contribution >= 4 is 81.7 Å². The minimum atomic E-state index is -2.53. The Bertz CT molecular complexity index is 3210. The summed E-state index contributed by atoms with van der Waals surface area (Å²) in [4.78, 5) is 88.9. The molecule has 2 bridgehead atoms. The normalized spacial score (nSPS) is 29.1. The number of halogens is 2. The summed E-state index contributed by atoms with van der Waals surface area (Å²) < 4.78 is 23.7. The molecule has 5 aliphatic heterocycles. The Morgan fingerprint density at radius 2 is 1.55 bits per heavy atom. The Morgan fingerprint density at radius 3 is 2.11 bits per heavy atom. The molecule has 3 aromatic carbocycles. The van der Waals surface area contributed by atoms with Crippen molar-refractivity contribution < 1.29 is 68.1 Å².